The van der Waals surface area contributed by atoms with Crippen molar-refractivity contribution in [3.63, 3.8) is 0 Å². The molecule has 7 nitrogen and oxygen atoms in total. The number of hydrogen-bond acceptors (Lipinski definition) is 6. The highest BCUT2D eigenvalue weighted by Gasteiger charge is 2.41. The van der Waals surface area contributed by atoms with Crippen LogP contribution in [0.1, 0.15) is 51.4 Å². The summed E-state index contributed by atoms with van der Waals surface area (Å²) in [5, 5.41) is 3.33. The van der Waals surface area contributed by atoms with E-state index in [1.807, 2.05) is 70.2 Å². The summed E-state index contributed by atoms with van der Waals surface area (Å²) in [7, 11) is 0. The lowest BCUT2D eigenvalue weighted by Crippen LogP contribution is -2.38. The topological polar surface area (TPSA) is 80.8 Å². The molecule has 178 valence electrons. The van der Waals surface area contributed by atoms with Crippen molar-refractivity contribution in [1.82, 2.24) is 10.3 Å². The fourth-order valence-corrected chi connectivity index (χ4v) is 4.09. The van der Waals surface area contributed by atoms with Crippen molar-refractivity contribution in [2.24, 2.45) is 5.41 Å². The normalized spacial score (nSPS) is 20.4. The number of anilines is 1. The van der Waals surface area contributed by atoms with Crippen molar-refractivity contribution in [3.05, 3.63) is 59.3 Å². The first kappa shape index (κ1) is 24.7. The second kappa shape index (κ2) is 9.91. The molecule has 2 heterocycles. The first-order valence-electron chi connectivity index (χ1n) is 11.4. The van der Waals surface area contributed by atoms with Gasteiger partial charge in [-0.15, -0.1) is 0 Å². The van der Waals surface area contributed by atoms with Crippen molar-refractivity contribution in [3.8, 4) is 0 Å². The smallest absolute Gasteiger partial charge is 0.416 e. The number of nitrogens with zero attached hydrogens (tertiary/aromatic N) is 2. The van der Waals surface area contributed by atoms with Crippen molar-refractivity contribution in [1.29, 1.82) is 0 Å². The molecule has 1 aliphatic heterocycles. The number of nitrogens with one attached hydrogen (secondary N) is 1. The van der Waals surface area contributed by atoms with Crippen LogP contribution in [0.25, 0.3) is 0 Å². The fraction of sp³-hybridized carbons (Fsp3) is 0.500. The molecule has 1 amide bonds. The van der Waals surface area contributed by atoms with Crippen LogP contribution in [0.2, 0.25) is 0 Å². The third-order valence-electron chi connectivity index (χ3n) is 5.61. The lowest BCUT2D eigenvalue weighted by atomic mass is 9.82. The molecule has 3 rings (SSSR count). The Morgan fingerprint density at radius 1 is 1.21 bits per heavy atom. The third kappa shape index (κ3) is 6.78. The van der Waals surface area contributed by atoms with E-state index in [0.717, 1.165) is 23.4 Å². The van der Waals surface area contributed by atoms with Crippen molar-refractivity contribution in [2.45, 2.75) is 66.2 Å². The number of hydrogen-bond donors (Lipinski definition) is 1. The molecule has 0 aliphatic carbocycles. The Morgan fingerprint density at radius 3 is 2.55 bits per heavy atom. The second-order valence-corrected chi connectivity index (χ2v) is 10.1. The van der Waals surface area contributed by atoms with E-state index in [4.69, 9.17) is 14.5 Å². The highest BCUT2D eigenvalue weighted by Crippen LogP contribution is 2.33. The SMILES string of the molecule is CC(=O)O[C@@H]1CNCC1(C)Cc1cc(C)cc(N(Cc2ccccc2)C(=O)OC(C)(C)C)n1. The molecule has 1 aromatic carbocycles. The standard InChI is InChI=1S/C26H35N3O4/c1-18-12-21(14-26(6)17-27-15-22(26)32-19(2)30)28-23(13-18)29(24(31)33-25(3,4)5)16-20-10-8-7-9-11-20/h7-13,22,27H,14-17H2,1-6H3/t22-,26?/m1/s1. The predicted octanol–water partition coefficient (Wildman–Crippen LogP) is 4.42. The first-order valence-corrected chi connectivity index (χ1v) is 11.4. The molecule has 1 aromatic heterocycles. The van der Waals surface area contributed by atoms with Crippen LogP contribution in [-0.4, -0.2) is 41.8 Å². The van der Waals surface area contributed by atoms with Gasteiger partial charge in [0, 0.05) is 31.1 Å². The van der Waals surface area contributed by atoms with Crippen LogP contribution in [0.5, 0.6) is 0 Å². The van der Waals surface area contributed by atoms with Crippen LogP contribution in [0.4, 0.5) is 10.6 Å². The molecule has 33 heavy (non-hydrogen) atoms. The van der Waals surface area contributed by atoms with Gasteiger partial charge in [0.2, 0.25) is 0 Å². The van der Waals surface area contributed by atoms with Crippen LogP contribution in [0, 0.1) is 12.3 Å². The minimum Gasteiger partial charge on any atom is -0.461 e. The molecule has 0 spiro atoms. The van der Waals surface area contributed by atoms with Crippen LogP contribution in [0.15, 0.2) is 42.5 Å². The summed E-state index contributed by atoms with van der Waals surface area (Å²) in [5.41, 5.74) is 1.90. The molecule has 1 N–H and O–H groups in total. The summed E-state index contributed by atoms with van der Waals surface area (Å²) in [6.45, 7) is 12.8. The minimum atomic E-state index is -0.626. The number of carbonyl (C=O) groups is 2. The lowest BCUT2D eigenvalue weighted by molar-refractivity contribution is -0.150. The number of aryl methyl sites for hydroxylation is 1. The zero-order chi connectivity index (χ0) is 24.2. The summed E-state index contributed by atoms with van der Waals surface area (Å²) < 4.78 is 11.3. The number of benzene rings is 1. The van der Waals surface area contributed by atoms with E-state index in [9.17, 15) is 9.59 Å². The minimum absolute atomic E-state index is 0.230. The molecule has 0 saturated carbocycles. The van der Waals surface area contributed by atoms with Gasteiger partial charge in [-0.1, -0.05) is 37.3 Å². The Balaban J connectivity index is 1.92. The average molecular weight is 454 g/mol. The Bertz CT molecular complexity index is 987. The molecular weight excluding hydrogens is 418 g/mol. The number of esters is 1. The highest BCUT2D eigenvalue weighted by molar-refractivity contribution is 5.86. The molecule has 1 saturated heterocycles. The second-order valence-electron chi connectivity index (χ2n) is 10.1. The summed E-state index contributed by atoms with van der Waals surface area (Å²) >= 11 is 0. The number of amides is 1. The molecule has 1 aliphatic rings. The van der Waals surface area contributed by atoms with E-state index in [2.05, 4.69) is 12.2 Å². The summed E-state index contributed by atoms with van der Waals surface area (Å²) in [6, 6.07) is 13.7. The lowest BCUT2D eigenvalue weighted by Gasteiger charge is -2.30. The van der Waals surface area contributed by atoms with Gasteiger partial charge in [-0.05, 0) is 57.4 Å². The number of carbonyl (C=O) groups excluding carboxylic acids is 2. The van der Waals surface area contributed by atoms with Gasteiger partial charge in [-0.2, -0.15) is 0 Å². The zero-order valence-electron chi connectivity index (χ0n) is 20.5. The number of rotatable bonds is 6. The van der Waals surface area contributed by atoms with E-state index in [0.29, 0.717) is 25.3 Å². The summed E-state index contributed by atoms with van der Waals surface area (Å²) in [5.74, 6) is 0.258. The van der Waals surface area contributed by atoms with Crippen LogP contribution in [0.3, 0.4) is 0 Å². The molecule has 1 unspecified atom stereocenters. The molecular formula is C26H35N3O4. The van der Waals surface area contributed by atoms with Gasteiger partial charge in [0.05, 0.1) is 6.54 Å². The maximum absolute atomic E-state index is 13.2. The largest absolute Gasteiger partial charge is 0.461 e. The maximum atomic E-state index is 13.2. The number of pyridine rings is 1. The third-order valence-corrected chi connectivity index (χ3v) is 5.61. The highest BCUT2D eigenvalue weighted by atomic mass is 16.6. The van der Waals surface area contributed by atoms with Crippen molar-refractivity contribution < 1.29 is 19.1 Å². The predicted molar refractivity (Wildman–Crippen MR) is 128 cm³/mol. The Hall–Kier alpha value is -2.93. The van der Waals surface area contributed by atoms with Gasteiger partial charge in [0.25, 0.3) is 0 Å². The molecule has 2 atom stereocenters. The van der Waals surface area contributed by atoms with E-state index < -0.39 is 11.7 Å². The molecule has 2 aromatic rings. The van der Waals surface area contributed by atoms with Crippen LogP contribution in [-0.2, 0) is 27.2 Å². The van der Waals surface area contributed by atoms with Gasteiger partial charge >= 0.3 is 12.1 Å². The van der Waals surface area contributed by atoms with Gasteiger partial charge in [0.15, 0.2) is 0 Å². The zero-order valence-corrected chi connectivity index (χ0v) is 20.5. The van der Waals surface area contributed by atoms with Gasteiger partial charge in [-0.25, -0.2) is 9.78 Å². The number of aromatic nitrogens is 1. The molecule has 0 bridgehead atoms. The first-order chi connectivity index (χ1) is 15.4. The van der Waals surface area contributed by atoms with E-state index in [1.54, 1.807) is 4.90 Å². The van der Waals surface area contributed by atoms with Gasteiger partial charge < -0.3 is 14.8 Å². The quantitative estimate of drug-likeness (QED) is 0.653. The molecule has 1 fully saturated rings. The van der Waals surface area contributed by atoms with Crippen LogP contribution < -0.4 is 10.2 Å². The summed E-state index contributed by atoms with van der Waals surface area (Å²) in [4.78, 5) is 31.2. The molecule has 0 radical (unpaired) electrons. The Morgan fingerprint density at radius 2 is 1.91 bits per heavy atom. The molecule has 7 heteroatoms. The maximum Gasteiger partial charge on any atom is 0.416 e. The average Bonchev–Trinajstić information content (AvgIpc) is 3.04. The van der Waals surface area contributed by atoms with E-state index in [1.165, 1.54) is 6.92 Å². The van der Waals surface area contributed by atoms with E-state index >= 15 is 0 Å². The Kier molecular flexibility index (Phi) is 7.42. The fourth-order valence-electron chi connectivity index (χ4n) is 4.09. The van der Waals surface area contributed by atoms with E-state index in [-0.39, 0.29) is 17.5 Å². The summed E-state index contributed by atoms with van der Waals surface area (Å²) in [6.07, 6.45) is -0.0610. The van der Waals surface area contributed by atoms with Crippen molar-refractivity contribution in [2.75, 3.05) is 18.0 Å². The van der Waals surface area contributed by atoms with Gasteiger partial charge in [0.1, 0.15) is 17.5 Å². The van der Waals surface area contributed by atoms with Crippen molar-refractivity contribution >= 4 is 17.9 Å². The monoisotopic (exact) mass is 453 g/mol. The Labute approximate surface area is 196 Å². The number of ether oxygens (including phenoxy) is 2. The van der Waals surface area contributed by atoms with Gasteiger partial charge in [-0.3, -0.25) is 9.69 Å². The van der Waals surface area contributed by atoms with Crippen LogP contribution >= 0.6 is 0 Å².